The number of carbonyl (C=O) groups excluding carboxylic acids is 1. The Kier molecular flexibility index (Phi) is 3.84. The Labute approximate surface area is 101 Å². The summed E-state index contributed by atoms with van der Waals surface area (Å²) in [5.41, 5.74) is 0.690. The van der Waals surface area contributed by atoms with E-state index in [1.54, 1.807) is 12.3 Å². The molecule has 17 heavy (non-hydrogen) atoms. The molecule has 4 heteroatoms. The van der Waals surface area contributed by atoms with Gasteiger partial charge in [-0.15, -0.1) is 0 Å². The first-order valence-electron chi connectivity index (χ1n) is 6.22. The molecule has 1 aromatic heterocycles. The molecule has 2 rings (SSSR count). The highest BCUT2D eigenvalue weighted by Gasteiger charge is 2.25. The third kappa shape index (κ3) is 2.52. The second-order valence-electron chi connectivity index (χ2n) is 4.53. The van der Waals surface area contributed by atoms with Crippen LogP contribution in [0.4, 0.5) is 0 Å². The Morgan fingerprint density at radius 1 is 1.53 bits per heavy atom. The maximum Gasteiger partial charge on any atom is 0.257 e. The van der Waals surface area contributed by atoms with Gasteiger partial charge in [0.05, 0.1) is 11.8 Å². The second-order valence-corrected chi connectivity index (χ2v) is 4.53. The summed E-state index contributed by atoms with van der Waals surface area (Å²) >= 11 is 0. The van der Waals surface area contributed by atoms with Gasteiger partial charge in [0, 0.05) is 26.1 Å². The summed E-state index contributed by atoms with van der Waals surface area (Å²) in [5, 5.41) is 9.06. The molecule has 1 N–H and O–H groups in total. The Morgan fingerprint density at radius 3 is 2.82 bits per heavy atom. The first kappa shape index (κ1) is 12.2. The quantitative estimate of drug-likeness (QED) is 0.870. The number of likely N-dealkylation sites (tertiary alicyclic amines) is 1. The molecule has 0 radical (unpaired) electrons. The summed E-state index contributed by atoms with van der Waals surface area (Å²) in [7, 11) is 0. The van der Waals surface area contributed by atoms with Crippen LogP contribution in [-0.4, -0.2) is 35.6 Å². The monoisotopic (exact) mass is 237 g/mol. The fraction of sp³-hybridized carbons (Fsp3) is 0.615. The molecular weight excluding hydrogens is 218 g/mol. The first-order valence-corrected chi connectivity index (χ1v) is 6.22. The smallest absolute Gasteiger partial charge is 0.257 e. The zero-order chi connectivity index (χ0) is 12.3. The van der Waals surface area contributed by atoms with Crippen molar-refractivity contribution in [1.82, 2.24) is 4.90 Å². The van der Waals surface area contributed by atoms with E-state index in [9.17, 15) is 4.79 Å². The van der Waals surface area contributed by atoms with E-state index in [1.807, 2.05) is 11.8 Å². The first-order chi connectivity index (χ1) is 8.26. The van der Waals surface area contributed by atoms with Crippen LogP contribution in [0, 0.1) is 5.92 Å². The van der Waals surface area contributed by atoms with Gasteiger partial charge in [-0.1, -0.05) is 6.92 Å². The molecular formula is C13H19NO3. The van der Waals surface area contributed by atoms with E-state index in [2.05, 4.69) is 0 Å². The van der Waals surface area contributed by atoms with Gasteiger partial charge >= 0.3 is 0 Å². The summed E-state index contributed by atoms with van der Waals surface area (Å²) < 4.78 is 5.28. The standard InChI is InChI=1S/C13H19NO3/c1-2-12-11(5-8-17-12)13(16)14-6-3-10(9-15)4-7-14/h5,8,10,15H,2-4,6-7,9H2,1H3. The lowest BCUT2D eigenvalue weighted by Crippen LogP contribution is -2.39. The summed E-state index contributed by atoms with van der Waals surface area (Å²) in [6.07, 6.45) is 4.09. The second kappa shape index (κ2) is 5.36. The van der Waals surface area contributed by atoms with Gasteiger partial charge in [-0.3, -0.25) is 4.79 Å². The van der Waals surface area contributed by atoms with Gasteiger partial charge in [0.2, 0.25) is 0 Å². The SMILES string of the molecule is CCc1occc1C(=O)N1CCC(CO)CC1. The van der Waals surface area contributed by atoms with Gasteiger partial charge in [-0.05, 0) is 24.8 Å². The lowest BCUT2D eigenvalue weighted by Gasteiger charge is -2.31. The van der Waals surface area contributed by atoms with Crippen LogP contribution in [0.3, 0.4) is 0 Å². The maximum absolute atomic E-state index is 12.2. The van der Waals surface area contributed by atoms with E-state index in [4.69, 9.17) is 9.52 Å². The molecule has 94 valence electrons. The number of nitrogens with zero attached hydrogens (tertiary/aromatic N) is 1. The average Bonchev–Trinajstić information content (AvgIpc) is 2.86. The number of hydrogen-bond acceptors (Lipinski definition) is 3. The maximum atomic E-state index is 12.2. The largest absolute Gasteiger partial charge is 0.469 e. The van der Waals surface area contributed by atoms with Crippen molar-refractivity contribution in [2.45, 2.75) is 26.2 Å². The van der Waals surface area contributed by atoms with E-state index in [0.29, 0.717) is 11.5 Å². The van der Waals surface area contributed by atoms with Crippen molar-refractivity contribution in [3.8, 4) is 0 Å². The van der Waals surface area contributed by atoms with Crippen LogP contribution >= 0.6 is 0 Å². The molecule has 0 unspecified atom stereocenters. The summed E-state index contributed by atoms with van der Waals surface area (Å²) in [6, 6.07) is 1.75. The van der Waals surface area contributed by atoms with Crippen LogP contribution in [0.15, 0.2) is 16.7 Å². The van der Waals surface area contributed by atoms with Gasteiger partial charge < -0.3 is 14.4 Å². The van der Waals surface area contributed by atoms with Gasteiger partial charge in [-0.2, -0.15) is 0 Å². The van der Waals surface area contributed by atoms with Crippen LogP contribution in [0.2, 0.25) is 0 Å². The fourth-order valence-electron chi connectivity index (χ4n) is 2.29. The van der Waals surface area contributed by atoms with Crippen molar-refractivity contribution in [1.29, 1.82) is 0 Å². The lowest BCUT2D eigenvalue weighted by atomic mass is 9.97. The molecule has 0 atom stereocenters. The normalized spacial score (nSPS) is 17.4. The summed E-state index contributed by atoms with van der Waals surface area (Å²) in [4.78, 5) is 14.1. The molecule has 0 aliphatic carbocycles. The number of furan rings is 1. The predicted molar refractivity (Wildman–Crippen MR) is 63.8 cm³/mol. The molecule has 1 saturated heterocycles. The van der Waals surface area contributed by atoms with Crippen LogP contribution in [0.1, 0.15) is 35.9 Å². The van der Waals surface area contributed by atoms with E-state index in [0.717, 1.165) is 38.1 Å². The molecule has 1 aromatic rings. The highest BCUT2D eigenvalue weighted by molar-refractivity contribution is 5.95. The van der Waals surface area contributed by atoms with Crippen molar-refractivity contribution >= 4 is 5.91 Å². The van der Waals surface area contributed by atoms with Gasteiger partial charge in [0.1, 0.15) is 5.76 Å². The van der Waals surface area contributed by atoms with E-state index in [-0.39, 0.29) is 12.5 Å². The average molecular weight is 237 g/mol. The molecule has 1 fully saturated rings. The fourth-order valence-corrected chi connectivity index (χ4v) is 2.29. The third-order valence-corrected chi connectivity index (χ3v) is 3.46. The Morgan fingerprint density at radius 2 is 2.24 bits per heavy atom. The van der Waals surface area contributed by atoms with Crippen molar-refractivity contribution in [3.05, 3.63) is 23.7 Å². The minimum absolute atomic E-state index is 0.0620. The van der Waals surface area contributed by atoms with Crippen molar-refractivity contribution < 1.29 is 14.3 Å². The predicted octanol–water partition coefficient (Wildman–Crippen LogP) is 1.69. The zero-order valence-corrected chi connectivity index (χ0v) is 10.2. The zero-order valence-electron chi connectivity index (χ0n) is 10.2. The van der Waals surface area contributed by atoms with E-state index in [1.165, 1.54) is 0 Å². The number of aliphatic hydroxyl groups is 1. The highest BCUT2D eigenvalue weighted by atomic mass is 16.3. The van der Waals surface area contributed by atoms with E-state index >= 15 is 0 Å². The number of rotatable bonds is 3. The molecule has 0 aromatic carbocycles. The van der Waals surface area contributed by atoms with Crippen molar-refractivity contribution in [2.24, 2.45) is 5.92 Å². The number of aryl methyl sites for hydroxylation is 1. The minimum Gasteiger partial charge on any atom is -0.469 e. The number of hydrogen-bond donors (Lipinski definition) is 1. The Hall–Kier alpha value is -1.29. The van der Waals surface area contributed by atoms with Crippen LogP contribution in [0.5, 0.6) is 0 Å². The van der Waals surface area contributed by atoms with Crippen molar-refractivity contribution in [2.75, 3.05) is 19.7 Å². The Bertz CT molecular complexity index is 378. The molecule has 0 saturated carbocycles. The van der Waals surface area contributed by atoms with Crippen LogP contribution in [0.25, 0.3) is 0 Å². The van der Waals surface area contributed by atoms with Gasteiger partial charge in [0.15, 0.2) is 0 Å². The van der Waals surface area contributed by atoms with Crippen LogP contribution in [-0.2, 0) is 6.42 Å². The topological polar surface area (TPSA) is 53.7 Å². The molecule has 4 nitrogen and oxygen atoms in total. The lowest BCUT2D eigenvalue weighted by molar-refractivity contribution is 0.0648. The molecule has 0 bridgehead atoms. The van der Waals surface area contributed by atoms with Crippen LogP contribution < -0.4 is 0 Å². The molecule has 1 aliphatic heterocycles. The van der Waals surface area contributed by atoms with Gasteiger partial charge in [0.25, 0.3) is 5.91 Å². The third-order valence-electron chi connectivity index (χ3n) is 3.46. The highest BCUT2D eigenvalue weighted by Crippen LogP contribution is 2.20. The molecule has 1 amide bonds. The summed E-state index contributed by atoms with van der Waals surface area (Å²) in [5.74, 6) is 1.18. The molecule has 0 spiro atoms. The number of piperidine rings is 1. The molecule has 2 heterocycles. The van der Waals surface area contributed by atoms with Crippen molar-refractivity contribution in [3.63, 3.8) is 0 Å². The number of carbonyl (C=O) groups is 1. The van der Waals surface area contributed by atoms with E-state index < -0.39 is 0 Å². The van der Waals surface area contributed by atoms with Gasteiger partial charge in [-0.25, -0.2) is 0 Å². The molecule has 1 aliphatic rings. The Balaban J connectivity index is 2.02. The minimum atomic E-state index is 0.0620. The summed E-state index contributed by atoms with van der Waals surface area (Å²) in [6.45, 7) is 3.68. The number of amides is 1. The number of aliphatic hydroxyl groups excluding tert-OH is 1.